The molecule has 3 heterocycles. The van der Waals surface area contributed by atoms with Gasteiger partial charge in [0, 0.05) is 42.9 Å². The first-order valence-electron chi connectivity index (χ1n) is 16.0. The number of ether oxygens (including phenoxy) is 1. The molecule has 0 aliphatic carbocycles. The highest BCUT2D eigenvalue weighted by molar-refractivity contribution is 5.91. The number of pyridine rings is 1. The molecular weight excluding hydrogens is 555 g/mol. The standard InChI is InChI=1S/C36H47FN4O3/c1-25-31(23-32(42)43)34(41-20-16-36(2,3)17-21-41)33(35(39-25)38-24-27-13-18-40(4)19-14-27)28-7-11-30(12-8-28)44-22-15-26-5-9-29(37)10-6-26/h5-12,27H,13-24H2,1-4H3,(H,38,39)(H,42,43). The zero-order valence-electron chi connectivity index (χ0n) is 26.7. The van der Waals surface area contributed by atoms with E-state index in [0.29, 0.717) is 18.9 Å². The van der Waals surface area contributed by atoms with E-state index in [0.717, 1.165) is 104 Å². The Bertz CT molecular complexity index is 1410. The van der Waals surface area contributed by atoms with Gasteiger partial charge in [-0.25, -0.2) is 9.37 Å². The molecular formula is C36H47FN4O3. The van der Waals surface area contributed by atoms with E-state index >= 15 is 0 Å². The number of carboxylic acids is 1. The van der Waals surface area contributed by atoms with Gasteiger partial charge in [-0.05, 0) is 99.5 Å². The van der Waals surface area contributed by atoms with Gasteiger partial charge >= 0.3 is 5.97 Å². The molecule has 3 aromatic rings. The summed E-state index contributed by atoms with van der Waals surface area (Å²) in [4.78, 5) is 21.9. The molecule has 0 atom stereocenters. The maximum Gasteiger partial charge on any atom is 0.307 e. The monoisotopic (exact) mass is 602 g/mol. The van der Waals surface area contributed by atoms with Gasteiger partial charge in [0.05, 0.1) is 18.7 Å². The summed E-state index contributed by atoms with van der Waals surface area (Å²) in [6.07, 6.45) is 4.99. The molecule has 0 unspecified atom stereocenters. The highest BCUT2D eigenvalue weighted by Crippen LogP contribution is 2.44. The number of hydrogen-bond acceptors (Lipinski definition) is 6. The highest BCUT2D eigenvalue weighted by Gasteiger charge is 2.31. The van der Waals surface area contributed by atoms with Crippen molar-refractivity contribution in [2.24, 2.45) is 11.3 Å². The van der Waals surface area contributed by atoms with Crippen LogP contribution < -0.4 is 15.0 Å². The second-order valence-electron chi connectivity index (χ2n) is 13.3. The number of rotatable bonds is 11. The Hall–Kier alpha value is -3.65. The van der Waals surface area contributed by atoms with Gasteiger partial charge in [-0.15, -0.1) is 0 Å². The van der Waals surface area contributed by atoms with Crippen LogP contribution in [0.5, 0.6) is 5.75 Å². The molecule has 2 fully saturated rings. The van der Waals surface area contributed by atoms with Gasteiger partial charge in [0.25, 0.3) is 0 Å². The van der Waals surface area contributed by atoms with Gasteiger partial charge in [0.1, 0.15) is 17.4 Å². The Morgan fingerprint density at radius 2 is 1.70 bits per heavy atom. The van der Waals surface area contributed by atoms with Crippen LogP contribution in [0.4, 0.5) is 15.9 Å². The molecule has 44 heavy (non-hydrogen) atoms. The third kappa shape index (κ3) is 8.08. The lowest BCUT2D eigenvalue weighted by Gasteiger charge is -2.40. The molecule has 0 bridgehead atoms. The predicted octanol–water partition coefficient (Wildman–Crippen LogP) is 6.82. The predicted molar refractivity (Wildman–Crippen MR) is 175 cm³/mol. The number of carboxylic acid groups (broad SMARTS) is 1. The number of piperidine rings is 2. The lowest BCUT2D eigenvalue weighted by molar-refractivity contribution is -0.136. The van der Waals surface area contributed by atoms with E-state index in [4.69, 9.17) is 9.72 Å². The SMILES string of the molecule is Cc1nc(NCC2CCN(C)CC2)c(-c2ccc(OCCc3ccc(F)cc3)cc2)c(N2CCC(C)(C)CC2)c1CC(=O)O. The van der Waals surface area contributed by atoms with Crippen LogP contribution >= 0.6 is 0 Å². The maximum absolute atomic E-state index is 13.3. The number of anilines is 2. The van der Waals surface area contributed by atoms with Crippen LogP contribution in [-0.4, -0.2) is 67.3 Å². The number of nitrogens with one attached hydrogen (secondary N) is 1. The van der Waals surface area contributed by atoms with Crippen molar-refractivity contribution in [2.75, 3.05) is 56.6 Å². The first-order valence-corrected chi connectivity index (χ1v) is 16.0. The lowest BCUT2D eigenvalue weighted by atomic mass is 9.82. The number of carbonyl (C=O) groups is 1. The minimum Gasteiger partial charge on any atom is -0.493 e. The van der Waals surface area contributed by atoms with Gasteiger partial charge in [-0.1, -0.05) is 38.1 Å². The maximum atomic E-state index is 13.3. The minimum absolute atomic E-state index is 0.0686. The van der Waals surface area contributed by atoms with E-state index in [9.17, 15) is 14.3 Å². The average Bonchev–Trinajstić information content (AvgIpc) is 2.99. The summed E-state index contributed by atoms with van der Waals surface area (Å²) in [5.74, 6) is 1.05. The van der Waals surface area contributed by atoms with E-state index in [1.165, 1.54) is 12.1 Å². The largest absolute Gasteiger partial charge is 0.493 e. The molecule has 2 aliphatic heterocycles. The third-order valence-electron chi connectivity index (χ3n) is 9.35. The topological polar surface area (TPSA) is 77.9 Å². The summed E-state index contributed by atoms with van der Waals surface area (Å²) in [5.41, 5.74) is 5.78. The molecule has 2 aliphatic rings. The molecule has 7 nitrogen and oxygen atoms in total. The second kappa shape index (κ2) is 14.0. The fourth-order valence-electron chi connectivity index (χ4n) is 6.34. The summed E-state index contributed by atoms with van der Waals surface area (Å²) in [7, 11) is 2.18. The van der Waals surface area contributed by atoms with Crippen LogP contribution in [0.1, 0.15) is 56.4 Å². The van der Waals surface area contributed by atoms with Crippen molar-refractivity contribution in [3.05, 3.63) is 71.2 Å². The number of nitrogens with zero attached hydrogens (tertiary/aromatic N) is 3. The molecule has 8 heteroatoms. The molecule has 5 rings (SSSR count). The Morgan fingerprint density at radius 1 is 1.05 bits per heavy atom. The van der Waals surface area contributed by atoms with Crippen molar-refractivity contribution in [2.45, 2.75) is 59.3 Å². The van der Waals surface area contributed by atoms with Crippen LogP contribution in [0.2, 0.25) is 0 Å². The van der Waals surface area contributed by atoms with E-state index in [-0.39, 0.29) is 17.7 Å². The Labute approximate surface area is 261 Å². The van der Waals surface area contributed by atoms with Crippen LogP contribution in [0.25, 0.3) is 11.1 Å². The van der Waals surface area contributed by atoms with Crippen molar-refractivity contribution in [1.29, 1.82) is 0 Å². The van der Waals surface area contributed by atoms with Crippen LogP contribution in [0.3, 0.4) is 0 Å². The number of aromatic nitrogens is 1. The Balaban J connectivity index is 1.47. The van der Waals surface area contributed by atoms with E-state index in [1.54, 1.807) is 12.1 Å². The average molecular weight is 603 g/mol. The molecule has 0 spiro atoms. The van der Waals surface area contributed by atoms with E-state index in [1.807, 2.05) is 19.1 Å². The third-order valence-corrected chi connectivity index (χ3v) is 9.35. The molecule has 236 valence electrons. The van der Waals surface area contributed by atoms with Crippen molar-refractivity contribution in [3.8, 4) is 16.9 Å². The number of benzene rings is 2. The minimum atomic E-state index is -0.851. The number of aliphatic carboxylic acids is 1. The first-order chi connectivity index (χ1) is 21.1. The zero-order chi connectivity index (χ0) is 31.3. The van der Waals surface area contributed by atoms with Crippen LogP contribution in [0.15, 0.2) is 48.5 Å². The van der Waals surface area contributed by atoms with Gasteiger partial charge < -0.3 is 25.0 Å². The first kappa shape index (κ1) is 31.8. The molecule has 0 saturated carbocycles. The van der Waals surface area contributed by atoms with Gasteiger partial charge in [-0.3, -0.25) is 4.79 Å². The summed E-state index contributed by atoms with van der Waals surface area (Å²) >= 11 is 0. The van der Waals surface area contributed by atoms with Crippen LogP contribution in [0, 0.1) is 24.1 Å². The molecule has 2 aromatic carbocycles. The Kier molecular flexibility index (Phi) is 10.1. The highest BCUT2D eigenvalue weighted by atomic mass is 19.1. The molecule has 2 N–H and O–H groups in total. The lowest BCUT2D eigenvalue weighted by Crippen LogP contribution is -2.38. The van der Waals surface area contributed by atoms with Crippen molar-refractivity contribution in [3.63, 3.8) is 0 Å². The Morgan fingerprint density at radius 3 is 2.34 bits per heavy atom. The van der Waals surface area contributed by atoms with Gasteiger partial charge in [-0.2, -0.15) is 0 Å². The smallest absolute Gasteiger partial charge is 0.307 e. The fraction of sp³-hybridized carbons (Fsp3) is 0.500. The number of hydrogen-bond donors (Lipinski definition) is 2. The number of halogens is 1. The summed E-state index contributed by atoms with van der Waals surface area (Å²) in [6.45, 7) is 11.8. The molecule has 2 saturated heterocycles. The van der Waals surface area contributed by atoms with Gasteiger partial charge in [0.2, 0.25) is 0 Å². The quantitative estimate of drug-likeness (QED) is 0.249. The van der Waals surface area contributed by atoms with Crippen molar-refractivity contribution in [1.82, 2.24) is 9.88 Å². The molecule has 1 aromatic heterocycles. The van der Waals surface area contributed by atoms with Crippen LogP contribution in [-0.2, 0) is 17.6 Å². The summed E-state index contributed by atoms with van der Waals surface area (Å²) in [6, 6.07) is 14.6. The van der Waals surface area contributed by atoms with Crippen molar-refractivity contribution >= 4 is 17.5 Å². The zero-order valence-corrected chi connectivity index (χ0v) is 26.7. The summed E-state index contributed by atoms with van der Waals surface area (Å²) < 4.78 is 19.3. The molecule has 0 amide bonds. The van der Waals surface area contributed by atoms with Crippen molar-refractivity contribution < 1.29 is 19.0 Å². The van der Waals surface area contributed by atoms with E-state index in [2.05, 4.69) is 48.1 Å². The number of aryl methyl sites for hydroxylation is 1. The summed E-state index contributed by atoms with van der Waals surface area (Å²) in [5, 5.41) is 13.7. The number of likely N-dealkylation sites (tertiary alicyclic amines) is 1. The normalized spacial score (nSPS) is 17.4. The van der Waals surface area contributed by atoms with Gasteiger partial charge in [0.15, 0.2) is 0 Å². The second-order valence-corrected chi connectivity index (χ2v) is 13.3. The molecule has 0 radical (unpaired) electrons. The fourth-order valence-corrected chi connectivity index (χ4v) is 6.34. The van der Waals surface area contributed by atoms with E-state index < -0.39 is 5.97 Å².